The fraction of sp³-hybridized carbons (Fsp3) is 0.111. The molecule has 2 aromatic heterocycles. The Morgan fingerprint density at radius 1 is 1.26 bits per heavy atom. The van der Waals surface area contributed by atoms with E-state index < -0.39 is 11.7 Å². The van der Waals surface area contributed by atoms with Crippen LogP contribution in [0.2, 0.25) is 0 Å². The van der Waals surface area contributed by atoms with Crippen LogP contribution in [0, 0.1) is 5.82 Å². The minimum atomic E-state index is -0.505. The van der Waals surface area contributed by atoms with Gasteiger partial charge in [0.25, 0.3) is 5.91 Å². The molecule has 0 atom stereocenters. The van der Waals surface area contributed by atoms with Crippen molar-refractivity contribution in [3.63, 3.8) is 0 Å². The highest BCUT2D eigenvalue weighted by atomic mass is 79.9. The Labute approximate surface area is 167 Å². The monoisotopic (exact) mass is 448 g/mol. The van der Waals surface area contributed by atoms with Crippen LogP contribution in [0.15, 0.2) is 52.6 Å². The molecule has 0 aliphatic carbocycles. The molecule has 2 N–H and O–H groups in total. The van der Waals surface area contributed by atoms with Gasteiger partial charge in [-0.15, -0.1) is 11.3 Å². The third-order valence-corrected chi connectivity index (χ3v) is 4.97. The lowest BCUT2D eigenvalue weighted by Gasteiger charge is -2.07. The Bertz CT molecular complexity index is 965. The van der Waals surface area contributed by atoms with Gasteiger partial charge in [-0.1, -0.05) is 0 Å². The van der Waals surface area contributed by atoms with Crippen LogP contribution in [-0.2, 0) is 4.79 Å². The van der Waals surface area contributed by atoms with Gasteiger partial charge in [0.05, 0.1) is 11.3 Å². The van der Waals surface area contributed by atoms with Gasteiger partial charge in [-0.2, -0.15) is 0 Å². The zero-order chi connectivity index (χ0) is 19.2. The number of aromatic nitrogens is 2. The van der Waals surface area contributed by atoms with Gasteiger partial charge in [0, 0.05) is 40.8 Å². The molecule has 9 heteroatoms. The van der Waals surface area contributed by atoms with Gasteiger partial charge in [0.2, 0.25) is 5.91 Å². The van der Waals surface area contributed by atoms with E-state index in [9.17, 15) is 14.0 Å². The van der Waals surface area contributed by atoms with Crippen LogP contribution in [-0.4, -0.2) is 28.3 Å². The molecule has 0 radical (unpaired) electrons. The summed E-state index contributed by atoms with van der Waals surface area (Å²) in [6.07, 6.45) is 3.44. The van der Waals surface area contributed by atoms with Gasteiger partial charge in [-0.3, -0.25) is 14.6 Å². The maximum absolute atomic E-state index is 13.3. The Hall–Kier alpha value is -2.65. The van der Waals surface area contributed by atoms with Crippen molar-refractivity contribution >= 4 is 44.2 Å². The summed E-state index contributed by atoms with van der Waals surface area (Å²) in [5.74, 6) is -1.24. The first-order valence-corrected chi connectivity index (χ1v) is 9.59. The largest absolute Gasteiger partial charge is 0.351 e. The van der Waals surface area contributed by atoms with Crippen molar-refractivity contribution in [3.05, 3.63) is 64.0 Å². The number of benzene rings is 1. The van der Waals surface area contributed by atoms with E-state index in [1.165, 1.54) is 23.5 Å². The predicted molar refractivity (Wildman–Crippen MR) is 105 cm³/mol. The molecule has 27 heavy (non-hydrogen) atoms. The van der Waals surface area contributed by atoms with Gasteiger partial charge in [-0.25, -0.2) is 9.37 Å². The van der Waals surface area contributed by atoms with E-state index in [-0.39, 0.29) is 24.4 Å². The zero-order valence-corrected chi connectivity index (χ0v) is 16.3. The summed E-state index contributed by atoms with van der Waals surface area (Å²) in [6, 6.07) is 7.54. The van der Waals surface area contributed by atoms with Crippen LogP contribution >= 0.6 is 27.3 Å². The van der Waals surface area contributed by atoms with Crippen LogP contribution in [0.25, 0.3) is 11.3 Å². The number of thiazole rings is 1. The van der Waals surface area contributed by atoms with Gasteiger partial charge in [0.1, 0.15) is 5.82 Å². The molecule has 0 saturated carbocycles. The van der Waals surface area contributed by atoms with E-state index in [0.29, 0.717) is 9.60 Å². The molecule has 138 valence electrons. The summed E-state index contributed by atoms with van der Waals surface area (Å²) in [5.41, 5.74) is 1.77. The second-order valence-corrected chi connectivity index (χ2v) is 7.17. The number of rotatable bonds is 6. The van der Waals surface area contributed by atoms with Crippen molar-refractivity contribution in [1.82, 2.24) is 15.3 Å². The molecule has 0 unspecified atom stereocenters. The molecule has 3 rings (SSSR count). The van der Waals surface area contributed by atoms with E-state index in [4.69, 9.17) is 0 Å². The topological polar surface area (TPSA) is 84.0 Å². The van der Waals surface area contributed by atoms with Crippen LogP contribution in [0.1, 0.15) is 16.8 Å². The van der Waals surface area contributed by atoms with Crippen molar-refractivity contribution in [3.8, 4) is 11.3 Å². The Balaban J connectivity index is 1.49. The average Bonchev–Trinajstić information content (AvgIpc) is 3.12. The van der Waals surface area contributed by atoms with Gasteiger partial charge >= 0.3 is 0 Å². The number of amides is 2. The molecule has 0 saturated heterocycles. The van der Waals surface area contributed by atoms with E-state index in [1.54, 1.807) is 12.4 Å². The number of nitrogens with zero attached hydrogens (tertiary/aromatic N) is 2. The second kappa shape index (κ2) is 8.83. The SMILES string of the molecule is O=C(CCNC(=O)c1cc(F)ccc1Br)Nc1nc(-c2cccnc2)cs1. The Morgan fingerprint density at radius 2 is 2.11 bits per heavy atom. The van der Waals surface area contributed by atoms with Crippen molar-refractivity contribution in [2.24, 2.45) is 0 Å². The first-order valence-electron chi connectivity index (χ1n) is 7.92. The van der Waals surface area contributed by atoms with E-state index in [0.717, 1.165) is 17.3 Å². The first-order chi connectivity index (χ1) is 13.0. The Kier molecular flexibility index (Phi) is 6.25. The second-order valence-electron chi connectivity index (χ2n) is 5.46. The summed E-state index contributed by atoms with van der Waals surface area (Å²) in [7, 11) is 0. The van der Waals surface area contributed by atoms with E-state index in [1.807, 2.05) is 17.5 Å². The molecule has 0 bridgehead atoms. The highest BCUT2D eigenvalue weighted by Crippen LogP contribution is 2.24. The predicted octanol–water partition coefficient (Wildman–Crippen LogP) is 3.87. The number of nitrogens with one attached hydrogen (secondary N) is 2. The van der Waals surface area contributed by atoms with E-state index in [2.05, 4.69) is 36.5 Å². The van der Waals surface area contributed by atoms with Crippen LogP contribution < -0.4 is 10.6 Å². The summed E-state index contributed by atoms with van der Waals surface area (Å²) in [5, 5.41) is 7.59. The molecule has 6 nitrogen and oxygen atoms in total. The van der Waals surface area contributed by atoms with Gasteiger partial charge < -0.3 is 10.6 Å². The number of carbonyl (C=O) groups is 2. The normalized spacial score (nSPS) is 10.4. The maximum Gasteiger partial charge on any atom is 0.252 e. The van der Waals surface area contributed by atoms with Crippen LogP contribution in [0.4, 0.5) is 9.52 Å². The standard InChI is InChI=1S/C18H14BrFN4O2S/c19-14-4-3-12(20)8-13(14)17(26)22-7-5-16(25)24-18-23-15(10-27-18)11-2-1-6-21-9-11/h1-4,6,8-10H,5,7H2,(H,22,26)(H,23,24,25). The minimum Gasteiger partial charge on any atom is -0.351 e. The molecular weight excluding hydrogens is 435 g/mol. The molecule has 2 heterocycles. The summed E-state index contributed by atoms with van der Waals surface area (Å²) in [6.45, 7) is 0.120. The fourth-order valence-corrected chi connectivity index (χ4v) is 3.38. The quantitative estimate of drug-likeness (QED) is 0.599. The number of halogens is 2. The third kappa shape index (κ3) is 5.18. The smallest absolute Gasteiger partial charge is 0.252 e. The molecule has 0 aliphatic heterocycles. The lowest BCUT2D eigenvalue weighted by atomic mass is 10.2. The first kappa shape index (κ1) is 19.1. The summed E-state index contributed by atoms with van der Waals surface area (Å²) >= 11 is 4.51. The van der Waals surface area contributed by atoms with Gasteiger partial charge in [-0.05, 0) is 46.3 Å². The molecule has 1 aromatic carbocycles. The Morgan fingerprint density at radius 3 is 2.89 bits per heavy atom. The van der Waals surface area contributed by atoms with Crippen molar-refractivity contribution in [1.29, 1.82) is 0 Å². The maximum atomic E-state index is 13.3. The average molecular weight is 449 g/mol. The summed E-state index contributed by atoms with van der Waals surface area (Å²) < 4.78 is 13.7. The van der Waals surface area contributed by atoms with Crippen molar-refractivity contribution in [2.45, 2.75) is 6.42 Å². The van der Waals surface area contributed by atoms with Crippen molar-refractivity contribution < 1.29 is 14.0 Å². The summed E-state index contributed by atoms with van der Waals surface area (Å²) in [4.78, 5) is 32.5. The highest BCUT2D eigenvalue weighted by molar-refractivity contribution is 9.10. The zero-order valence-electron chi connectivity index (χ0n) is 13.9. The molecule has 0 spiro atoms. The van der Waals surface area contributed by atoms with Crippen LogP contribution in [0.5, 0.6) is 0 Å². The molecule has 3 aromatic rings. The number of anilines is 1. The highest BCUT2D eigenvalue weighted by Gasteiger charge is 2.12. The minimum absolute atomic E-state index is 0.0699. The number of hydrogen-bond donors (Lipinski definition) is 2. The third-order valence-electron chi connectivity index (χ3n) is 3.52. The molecular formula is C18H14BrFN4O2S. The fourth-order valence-electron chi connectivity index (χ4n) is 2.22. The van der Waals surface area contributed by atoms with Crippen LogP contribution in [0.3, 0.4) is 0 Å². The van der Waals surface area contributed by atoms with E-state index >= 15 is 0 Å². The van der Waals surface area contributed by atoms with Crippen molar-refractivity contribution in [2.75, 3.05) is 11.9 Å². The molecule has 0 aliphatic rings. The van der Waals surface area contributed by atoms with Gasteiger partial charge in [0.15, 0.2) is 5.13 Å². The molecule has 2 amide bonds. The lowest BCUT2D eigenvalue weighted by molar-refractivity contribution is -0.116. The number of pyridine rings is 1. The lowest BCUT2D eigenvalue weighted by Crippen LogP contribution is -2.28. The molecule has 0 fully saturated rings. The number of hydrogen-bond acceptors (Lipinski definition) is 5. The number of carbonyl (C=O) groups excluding carboxylic acids is 2.